The smallest absolute Gasteiger partial charge is 0.360 e. The zero-order valence-corrected chi connectivity index (χ0v) is 14.9. The number of H-pyrrole nitrogens is 1. The Morgan fingerprint density at radius 1 is 1.19 bits per heavy atom. The number of alkyl halides is 3. The van der Waals surface area contributed by atoms with E-state index >= 15 is 0 Å². The molecule has 0 aliphatic heterocycles. The lowest BCUT2D eigenvalue weighted by Gasteiger charge is -2.31. The van der Waals surface area contributed by atoms with Gasteiger partial charge in [-0.05, 0) is 29.8 Å². The molecule has 1 aromatic carbocycles. The van der Waals surface area contributed by atoms with E-state index in [9.17, 15) is 26.0 Å². The van der Waals surface area contributed by atoms with Crippen molar-refractivity contribution in [2.75, 3.05) is 6.54 Å². The highest BCUT2D eigenvalue weighted by Crippen LogP contribution is 2.40. The Balaban J connectivity index is 2.11. The van der Waals surface area contributed by atoms with E-state index in [1.165, 1.54) is 13.0 Å². The van der Waals surface area contributed by atoms with Crippen LogP contribution in [0.1, 0.15) is 18.5 Å². The molecular weight excluding hydrogens is 386 g/mol. The summed E-state index contributed by atoms with van der Waals surface area (Å²) >= 11 is 0. The average Bonchev–Trinajstić information content (AvgIpc) is 3.07. The van der Waals surface area contributed by atoms with Crippen molar-refractivity contribution in [1.82, 2.24) is 14.3 Å². The van der Waals surface area contributed by atoms with Gasteiger partial charge in [-0.1, -0.05) is 19.1 Å². The first kappa shape index (κ1) is 19.3. The van der Waals surface area contributed by atoms with Crippen molar-refractivity contribution in [2.24, 2.45) is 0 Å². The molecule has 0 amide bonds. The SMILES string of the molecule is CCN([C@H](c1ccc(F)cc1)C(F)(F)F)S(=O)(=O)c1cnc2cc[nH]c2c1. The van der Waals surface area contributed by atoms with E-state index in [-0.39, 0.29) is 10.5 Å². The number of sulfonamides is 1. The van der Waals surface area contributed by atoms with E-state index in [0.717, 1.165) is 30.5 Å². The first-order chi connectivity index (χ1) is 12.6. The van der Waals surface area contributed by atoms with Crippen LogP contribution in [-0.4, -0.2) is 35.4 Å². The molecule has 2 aromatic heterocycles. The third-order valence-electron chi connectivity index (χ3n) is 4.08. The number of aromatic amines is 1. The summed E-state index contributed by atoms with van der Waals surface area (Å²) in [5.74, 6) is -0.716. The summed E-state index contributed by atoms with van der Waals surface area (Å²) < 4.78 is 80.7. The Kier molecular flexibility index (Phi) is 4.96. The topological polar surface area (TPSA) is 66.1 Å². The zero-order valence-electron chi connectivity index (χ0n) is 14.0. The van der Waals surface area contributed by atoms with Crippen LogP contribution in [0.25, 0.3) is 11.0 Å². The highest BCUT2D eigenvalue weighted by molar-refractivity contribution is 7.89. The lowest BCUT2D eigenvalue weighted by atomic mass is 10.1. The summed E-state index contributed by atoms with van der Waals surface area (Å²) in [5, 5.41) is 0. The van der Waals surface area contributed by atoms with Crippen LogP contribution in [-0.2, 0) is 10.0 Å². The highest BCUT2D eigenvalue weighted by atomic mass is 32.2. The Morgan fingerprint density at radius 2 is 1.85 bits per heavy atom. The van der Waals surface area contributed by atoms with Crippen LogP contribution >= 0.6 is 0 Å². The van der Waals surface area contributed by atoms with Crippen LogP contribution in [0.3, 0.4) is 0 Å². The molecule has 1 N–H and O–H groups in total. The fourth-order valence-electron chi connectivity index (χ4n) is 2.85. The van der Waals surface area contributed by atoms with Gasteiger partial charge in [-0.15, -0.1) is 0 Å². The van der Waals surface area contributed by atoms with Gasteiger partial charge in [-0.2, -0.15) is 17.5 Å². The third-order valence-corrected chi connectivity index (χ3v) is 5.98. The van der Waals surface area contributed by atoms with Crippen molar-refractivity contribution < 1.29 is 26.0 Å². The van der Waals surface area contributed by atoms with Crippen molar-refractivity contribution in [3.63, 3.8) is 0 Å². The number of halogens is 4. The molecule has 1 atom stereocenters. The van der Waals surface area contributed by atoms with Gasteiger partial charge in [0.2, 0.25) is 10.0 Å². The van der Waals surface area contributed by atoms with E-state index in [1.54, 1.807) is 12.3 Å². The van der Waals surface area contributed by atoms with Gasteiger partial charge in [0.05, 0.1) is 11.0 Å². The van der Waals surface area contributed by atoms with Crippen LogP contribution in [0, 0.1) is 5.82 Å². The van der Waals surface area contributed by atoms with Gasteiger partial charge in [0.15, 0.2) is 0 Å². The summed E-state index contributed by atoms with van der Waals surface area (Å²) in [6.07, 6.45) is -2.33. The number of rotatable bonds is 5. The van der Waals surface area contributed by atoms with Crippen molar-refractivity contribution >= 4 is 21.1 Å². The van der Waals surface area contributed by atoms with E-state index in [4.69, 9.17) is 0 Å². The molecule has 0 saturated carbocycles. The lowest BCUT2D eigenvalue weighted by molar-refractivity contribution is -0.173. The van der Waals surface area contributed by atoms with Crippen molar-refractivity contribution in [3.8, 4) is 0 Å². The van der Waals surface area contributed by atoms with Gasteiger partial charge < -0.3 is 4.98 Å². The number of pyridine rings is 1. The Hall–Kier alpha value is -2.46. The molecule has 0 bridgehead atoms. The summed E-state index contributed by atoms with van der Waals surface area (Å²) in [7, 11) is -4.52. The Labute approximate surface area is 152 Å². The highest BCUT2D eigenvalue weighted by Gasteiger charge is 2.48. The Bertz CT molecular complexity index is 1050. The maximum atomic E-state index is 13.8. The molecule has 0 radical (unpaired) electrons. The number of nitrogens with one attached hydrogen (secondary N) is 1. The molecule has 144 valence electrons. The molecule has 0 unspecified atom stereocenters. The summed E-state index contributed by atoms with van der Waals surface area (Å²) in [5.41, 5.74) is 0.503. The van der Waals surface area contributed by atoms with Crippen molar-refractivity contribution in [1.29, 1.82) is 0 Å². The van der Waals surface area contributed by atoms with Crippen LogP contribution in [0.4, 0.5) is 17.6 Å². The average molecular weight is 401 g/mol. The predicted molar refractivity (Wildman–Crippen MR) is 90.9 cm³/mol. The number of aromatic nitrogens is 2. The largest absolute Gasteiger partial charge is 0.409 e. The maximum absolute atomic E-state index is 13.8. The number of hydrogen-bond donors (Lipinski definition) is 1. The first-order valence-electron chi connectivity index (χ1n) is 7.91. The minimum Gasteiger partial charge on any atom is -0.360 e. The zero-order chi connectivity index (χ0) is 19.8. The minimum atomic E-state index is -4.90. The quantitative estimate of drug-likeness (QED) is 0.657. The molecule has 0 aliphatic carbocycles. The van der Waals surface area contributed by atoms with Gasteiger partial charge in [-0.25, -0.2) is 12.8 Å². The van der Waals surface area contributed by atoms with Gasteiger partial charge in [0.25, 0.3) is 0 Å². The fourth-order valence-corrected chi connectivity index (χ4v) is 4.43. The third kappa shape index (κ3) is 3.67. The fraction of sp³-hybridized carbons (Fsp3) is 0.235. The van der Waals surface area contributed by atoms with Gasteiger partial charge >= 0.3 is 6.18 Å². The monoisotopic (exact) mass is 401 g/mol. The molecule has 10 heteroatoms. The van der Waals surface area contributed by atoms with Gasteiger partial charge in [-0.3, -0.25) is 4.98 Å². The van der Waals surface area contributed by atoms with Crippen LogP contribution in [0.5, 0.6) is 0 Å². The van der Waals surface area contributed by atoms with Gasteiger partial charge in [0, 0.05) is 18.9 Å². The van der Waals surface area contributed by atoms with E-state index < -0.39 is 34.6 Å². The maximum Gasteiger partial charge on any atom is 0.409 e. The van der Waals surface area contributed by atoms with Crippen LogP contribution < -0.4 is 0 Å². The van der Waals surface area contributed by atoms with E-state index in [1.807, 2.05) is 0 Å². The normalized spacial score (nSPS) is 14.0. The van der Waals surface area contributed by atoms with E-state index in [2.05, 4.69) is 9.97 Å². The summed E-state index contributed by atoms with van der Waals surface area (Å²) in [6, 6.07) is 3.98. The number of fused-ring (bicyclic) bond motifs is 1. The molecule has 0 aliphatic rings. The van der Waals surface area contributed by atoms with Crippen molar-refractivity contribution in [2.45, 2.75) is 24.0 Å². The second kappa shape index (κ2) is 6.93. The standard InChI is InChI=1S/C17H15F4N3O2S/c1-2-24(16(17(19,20)21)11-3-5-12(18)6-4-11)27(25,26)13-9-15-14(23-10-13)7-8-22-15/h3-10,16,22H,2H2,1H3/t16-/m1/s1. The second-order valence-electron chi connectivity index (χ2n) is 5.79. The molecule has 5 nitrogen and oxygen atoms in total. The molecule has 0 spiro atoms. The Morgan fingerprint density at radius 3 is 2.44 bits per heavy atom. The van der Waals surface area contributed by atoms with E-state index in [0.29, 0.717) is 15.3 Å². The lowest BCUT2D eigenvalue weighted by Crippen LogP contribution is -2.42. The van der Waals surface area contributed by atoms with Crippen molar-refractivity contribution in [3.05, 3.63) is 60.2 Å². The summed E-state index contributed by atoms with van der Waals surface area (Å²) in [4.78, 5) is 6.37. The molecule has 3 rings (SSSR count). The number of benzene rings is 1. The van der Waals surface area contributed by atoms with Gasteiger partial charge in [0.1, 0.15) is 16.8 Å². The first-order valence-corrected chi connectivity index (χ1v) is 9.35. The summed E-state index contributed by atoms with van der Waals surface area (Å²) in [6.45, 7) is 0.868. The second-order valence-corrected chi connectivity index (χ2v) is 7.68. The molecule has 0 fully saturated rings. The van der Waals surface area contributed by atoms with Crippen LogP contribution in [0.2, 0.25) is 0 Å². The molecule has 3 aromatic rings. The molecular formula is C17H15F4N3O2S. The molecule has 27 heavy (non-hydrogen) atoms. The minimum absolute atomic E-state index is 0.339. The molecule has 2 heterocycles. The predicted octanol–water partition coefficient (Wildman–Crippen LogP) is 4.02. The van der Waals surface area contributed by atoms with Crippen LogP contribution in [0.15, 0.2) is 53.7 Å². The molecule has 0 saturated heterocycles. The number of nitrogens with zero attached hydrogens (tertiary/aromatic N) is 2. The number of hydrogen-bond acceptors (Lipinski definition) is 3.